The van der Waals surface area contributed by atoms with E-state index in [2.05, 4.69) is 29.6 Å². The van der Waals surface area contributed by atoms with Crippen molar-refractivity contribution in [2.45, 2.75) is 0 Å². The van der Waals surface area contributed by atoms with E-state index in [0.717, 1.165) is 27.2 Å². The van der Waals surface area contributed by atoms with Crippen molar-refractivity contribution in [3.05, 3.63) is 54.6 Å². The van der Waals surface area contributed by atoms with Gasteiger partial charge in [0.05, 0.1) is 0 Å². The highest BCUT2D eigenvalue weighted by Crippen LogP contribution is 2.29. The van der Waals surface area contributed by atoms with E-state index in [1.807, 2.05) is 30.3 Å². The maximum absolute atomic E-state index is 11.8. The molecule has 1 saturated heterocycles. The number of hydrogen-bond donors (Lipinski definition) is 1. The van der Waals surface area contributed by atoms with Crippen LogP contribution in [0.15, 0.2) is 54.6 Å². The summed E-state index contributed by atoms with van der Waals surface area (Å²) in [6.07, 6.45) is 0. The third-order valence-electron chi connectivity index (χ3n) is 3.84. The number of benzene rings is 3. The van der Waals surface area contributed by atoms with Crippen molar-refractivity contribution in [3.8, 4) is 0 Å². The summed E-state index contributed by atoms with van der Waals surface area (Å²) in [5, 5.41) is 6.79. The van der Waals surface area contributed by atoms with Gasteiger partial charge in [0.2, 0.25) is 5.91 Å². The third kappa shape index (κ3) is 1.84. The first-order valence-electron chi connectivity index (χ1n) is 6.75. The molecule has 3 aromatic carbocycles. The van der Waals surface area contributed by atoms with E-state index in [1.54, 1.807) is 0 Å². The second-order valence-corrected chi connectivity index (χ2v) is 5.13. The maximum atomic E-state index is 11.8. The van der Waals surface area contributed by atoms with E-state index in [-0.39, 0.29) is 18.5 Å². The Labute approximate surface area is 121 Å². The molecule has 4 rings (SSSR count). The molecule has 102 valence electrons. The highest BCUT2D eigenvalue weighted by molar-refractivity contribution is 6.14. The lowest BCUT2D eigenvalue weighted by molar-refractivity contribution is -0.117. The first-order valence-corrected chi connectivity index (χ1v) is 6.75. The summed E-state index contributed by atoms with van der Waals surface area (Å²) in [7, 11) is 0. The molecule has 4 nitrogen and oxygen atoms in total. The zero-order valence-electron chi connectivity index (χ0n) is 11.2. The lowest BCUT2D eigenvalue weighted by Gasteiger charge is -2.14. The number of urea groups is 1. The number of fused-ring (bicyclic) bond motifs is 3. The summed E-state index contributed by atoms with van der Waals surface area (Å²) >= 11 is 0. The predicted octanol–water partition coefficient (Wildman–Crippen LogP) is 3.05. The number of nitrogens with zero attached hydrogens (tertiary/aromatic N) is 1. The summed E-state index contributed by atoms with van der Waals surface area (Å²) in [6.45, 7) is 0.0785. The van der Waals surface area contributed by atoms with Gasteiger partial charge in [-0.1, -0.05) is 42.5 Å². The molecule has 0 unspecified atom stereocenters. The van der Waals surface area contributed by atoms with Gasteiger partial charge in [-0.3, -0.25) is 15.0 Å². The smallest absolute Gasteiger partial charge is 0.285 e. The Morgan fingerprint density at radius 2 is 1.57 bits per heavy atom. The molecule has 0 spiro atoms. The van der Waals surface area contributed by atoms with Gasteiger partial charge in [-0.2, -0.15) is 0 Å². The fourth-order valence-electron chi connectivity index (χ4n) is 2.81. The van der Waals surface area contributed by atoms with Crippen molar-refractivity contribution >= 4 is 39.2 Å². The zero-order valence-corrected chi connectivity index (χ0v) is 11.2. The summed E-state index contributed by atoms with van der Waals surface area (Å²) < 4.78 is 0. The standard InChI is InChI=1S/C17H12N2O2/c20-16-10-19(17(21)18-16)13-8-7-12-6-5-11-3-1-2-4-14(11)15(12)9-13/h1-9H,10H2,(H,18,20,21). The molecule has 21 heavy (non-hydrogen) atoms. The molecule has 3 aromatic rings. The monoisotopic (exact) mass is 276 g/mol. The van der Waals surface area contributed by atoms with Crippen LogP contribution in [-0.2, 0) is 4.79 Å². The van der Waals surface area contributed by atoms with Gasteiger partial charge >= 0.3 is 6.03 Å². The van der Waals surface area contributed by atoms with E-state index in [1.165, 1.54) is 4.90 Å². The minimum atomic E-state index is -0.361. The third-order valence-corrected chi connectivity index (χ3v) is 3.84. The molecular weight excluding hydrogens is 264 g/mol. The van der Waals surface area contributed by atoms with Gasteiger partial charge in [0.1, 0.15) is 6.54 Å². The highest BCUT2D eigenvalue weighted by Gasteiger charge is 2.27. The highest BCUT2D eigenvalue weighted by atomic mass is 16.2. The van der Waals surface area contributed by atoms with Crippen LogP contribution in [0.25, 0.3) is 21.5 Å². The molecule has 0 aromatic heterocycles. The number of carbonyl (C=O) groups excluding carboxylic acids is 2. The summed E-state index contributed by atoms with van der Waals surface area (Å²) in [6, 6.07) is 17.7. The van der Waals surface area contributed by atoms with Crippen LogP contribution in [0.4, 0.5) is 10.5 Å². The van der Waals surface area contributed by atoms with Gasteiger partial charge < -0.3 is 0 Å². The van der Waals surface area contributed by atoms with Crippen molar-refractivity contribution < 1.29 is 9.59 Å². The lowest BCUT2D eigenvalue weighted by Crippen LogP contribution is -2.27. The molecule has 3 amide bonds. The number of anilines is 1. The van der Waals surface area contributed by atoms with Crippen molar-refractivity contribution in [1.82, 2.24) is 5.32 Å². The van der Waals surface area contributed by atoms with E-state index < -0.39 is 0 Å². The molecule has 1 aliphatic heterocycles. The van der Waals surface area contributed by atoms with Crippen LogP contribution < -0.4 is 10.2 Å². The van der Waals surface area contributed by atoms with Crippen LogP contribution in [-0.4, -0.2) is 18.5 Å². The summed E-state index contributed by atoms with van der Waals surface area (Å²) in [5.74, 6) is -0.266. The molecule has 0 bridgehead atoms. The van der Waals surface area contributed by atoms with Gasteiger partial charge in [-0.25, -0.2) is 4.79 Å². The Kier molecular flexibility index (Phi) is 2.44. The molecule has 1 aliphatic rings. The normalized spacial score (nSPS) is 15.0. The molecule has 1 heterocycles. The largest absolute Gasteiger partial charge is 0.329 e. The number of rotatable bonds is 1. The second kappa shape index (κ2) is 4.31. The molecule has 0 atom stereocenters. The Balaban J connectivity index is 1.94. The molecule has 0 aliphatic carbocycles. The van der Waals surface area contributed by atoms with Gasteiger partial charge in [0.25, 0.3) is 0 Å². The average Bonchev–Trinajstić information content (AvgIpc) is 2.85. The molecular formula is C17H12N2O2. The van der Waals surface area contributed by atoms with Crippen molar-refractivity contribution in [2.75, 3.05) is 11.4 Å². The van der Waals surface area contributed by atoms with Crippen LogP contribution >= 0.6 is 0 Å². The summed E-state index contributed by atoms with van der Waals surface area (Å²) in [5.41, 5.74) is 0.738. The van der Waals surface area contributed by atoms with E-state index >= 15 is 0 Å². The minimum absolute atomic E-state index is 0.0785. The van der Waals surface area contributed by atoms with Crippen LogP contribution in [0.2, 0.25) is 0 Å². The first kappa shape index (κ1) is 11.9. The van der Waals surface area contributed by atoms with Gasteiger partial charge in [-0.15, -0.1) is 0 Å². The SMILES string of the molecule is O=C1CN(c2ccc3ccc4ccccc4c3c2)C(=O)N1. The maximum Gasteiger partial charge on any atom is 0.329 e. The van der Waals surface area contributed by atoms with Crippen molar-refractivity contribution in [3.63, 3.8) is 0 Å². The van der Waals surface area contributed by atoms with E-state index in [0.29, 0.717) is 0 Å². The zero-order chi connectivity index (χ0) is 14.4. The topological polar surface area (TPSA) is 49.4 Å². The Bertz CT molecular complexity index is 902. The number of hydrogen-bond acceptors (Lipinski definition) is 2. The Morgan fingerprint density at radius 1 is 0.857 bits per heavy atom. The van der Waals surface area contributed by atoms with Crippen LogP contribution in [0.1, 0.15) is 0 Å². The van der Waals surface area contributed by atoms with E-state index in [4.69, 9.17) is 0 Å². The number of carbonyl (C=O) groups is 2. The van der Waals surface area contributed by atoms with Gasteiger partial charge in [0.15, 0.2) is 0 Å². The molecule has 0 radical (unpaired) electrons. The van der Waals surface area contributed by atoms with Gasteiger partial charge in [-0.05, 0) is 33.7 Å². The first-order chi connectivity index (χ1) is 10.2. The predicted molar refractivity (Wildman–Crippen MR) is 82.3 cm³/mol. The van der Waals surface area contributed by atoms with Crippen LogP contribution in [0.3, 0.4) is 0 Å². The fourth-order valence-corrected chi connectivity index (χ4v) is 2.81. The van der Waals surface area contributed by atoms with Crippen molar-refractivity contribution in [1.29, 1.82) is 0 Å². The lowest BCUT2D eigenvalue weighted by atomic mass is 10.0. The Hall–Kier alpha value is -2.88. The van der Waals surface area contributed by atoms with Crippen molar-refractivity contribution in [2.24, 2.45) is 0 Å². The van der Waals surface area contributed by atoms with E-state index in [9.17, 15) is 9.59 Å². The molecule has 4 heteroatoms. The number of amides is 3. The number of imide groups is 1. The average molecular weight is 276 g/mol. The minimum Gasteiger partial charge on any atom is -0.285 e. The van der Waals surface area contributed by atoms with Crippen LogP contribution in [0, 0.1) is 0 Å². The summed E-state index contributed by atoms with van der Waals surface area (Å²) in [4.78, 5) is 24.6. The second-order valence-electron chi connectivity index (χ2n) is 5.13. The fraction of sp³-hybridized carbons (Fsp3) is 0.0588. The molecule has 1 fully saturated rings. The number of nitrogens with one attached hydrogen (secondary N) is 1. The van der Waals surface area contributed by atoms with Gasteiger partial charge in [0, 0.05) is 5.69 Å². The molecule has 0 saturated carbocycles. The van der Waals surface area contributed by atoms with Crippen LogP contribution in [0.5, 0.6) is 0 Å². The quantitative estimate of drug-likeness (QED) is 0.548. The Morgan fingerprint density at radius 3 is 2.33 bits per heavy atom. The molecule has 1 N–H and O–H groups in total.